The predicted molar refractivity (Wildman–Crippen MR) is 76.4 cm³/mol. The van der Waals surface area contributed by atoms with Crippen LogP contribution in [0.25, 0.3) is 0 Å². The van der Waals surface area contributed by atoms with Crippen molar-refractivity contribution in [3.8, 4) is 0 Å². The first-order valence-electron chi connectivity index (χ1n) is 5.93. The normalized spacial score (nSPS) is 9.39. The number of carbonyl (C=O) groups is 1. The molecule has 0 spiro atoms. The molecule has 0 N–H and O–H groups in total. The van der Waals surface area contributed by atoms with Crippen LogP contribution in [0.1, 0.15) is 40.5 Å². The smallest absolute Gasteiger partial charge is 0.261 e. The fourth-order valence-electron chi connectivity index (χ4n) is 0.833. The van der Waals surface area contributed by atoms with E-state index < -0.39 is 9.05 Å². The van der Waals surface area contributed by atoms with E-state index in [1.54, 1.807) is 18.2 Å². The monoisotopic (exact) mass is 292 g/mol. The summed E-state index contributed by atoms with van der Waals surface area (Å²) in [6, 6.07) is 7.86. The van der Waals surface area contributed by atoms with E-state index in [1.165, 1.54) is 12.1 Å². The van der Waals surface area contributed by atoms with Gasteiger partial charge in [0.1, 0.15) is 5.78 Å². The molecule has 1 rings (SSSR count). The summed E-state index contributed by atoms with van der Waals surface area (Å²) in [6.07, 6.45) is 1.38. The molecule has 0 atom stereocenters. The lowest BCUT2D eigenvalue weighted by Crippen LogP contribution is -1.88. The van der Waals surface area contributed by atoms with Crippen LogP contribution >= 0.6 is 10.7 Å². The second-order valence-electron chi connectivity index (χ2n) is 3.00. The van der Waals surface area contributed by atoms with E-state index in [2.05, 4.69) is 0 Å². The van der Waals surface area contributed by atoms with Gasteiger partial charge in [-0.05, 0) is 12.1 Å². The summed E-state index contributed by atoms with van der Waals surface area (Å²) in [5.41, 5.74) is 0. The molecule has 5 heteroatoms. The minimum atomic E-state index is -3.53. The van der Waals surface area contributed by atoms with Crippen LogP contribution in [0.2, 0.25) is 0 Å². The number of carbonyl (C=O) groups excluding carboxylic acids is 1. The van der Waals surface area contributed by atoms with Gasteiger partial charge in [-0.1, -0.05) is 45.9 Å². The van der Waals surface area contributed by atoms with E-state index in [1.807, 2.05) is 27.7 Å². The quantitative estimate of drug-likeness (QED) is 0.791. The predicted octanol–water partition coefficient (Wildman–Crippen LogP) is 4.02. The van der Waals surface area contributed by atoms with E-state index in [9.17, 15) is 13.2 Å². The van der Waals surface area contributed by atoms with Gasteiger partial charge in [0, 0.05) is 23.5 Å². The second-order valence-corrected chi connectivity index (χ2v) is 5.56. The lowest BCUT2D eigenvalue weighted by Gasteiger charge is -1.91. The van der Waals surface area contributed by atoms with Gasteiger partial charge < -0.3 is 0 Å². The standard InChI is InChI=1S/C6H5ClO2S.C5H10O.C2H6/c7-10(8,9)6-4-2-1-3-5-6;1-3-5(6)4-2;1-2/h1-5H;3-4H2,1-2H3;1-2H3. The maximum atomic E-state index is 10.6. The Balaban J connectivity index is 0. The number of benzene rings is 1. The van der Waals surface area contributed by atoms with Gasteiger partial charge in [0.15, 0.2) is 0 Å². The van der Waals surface area contributed by atoms with Crippen molar-refractivity contribution in [2.75, 3.05) is 0 Å². The van der Waals surface area contributed by atoms with Gasteiger partial charge in [-0.15, -0.1) is 0 Å². The first-order valence-corrected chi connectivity index (χ1v) is 8.24. The molecule has 1 aromatic carbocycles. The van der Waals surface area contributed by atoms with Gasteiger partial charge in [0.05, 0.1) is 4.90 Å². The minimum absolute atomic E-state index is 0.136. The first-order chi connectivity index (χ1) is 8.41. The van der Waals surface area contributed by atoms with Gasteiger partial charge >= 0.3 is 0 Å². The molecule has 0 aliphatic rings. The van der Waals surface area contributed by atoms with Crippen LogP contribution in [0, 0.1) is 0 Å². The molecular weight excluding hydrogens is 272 g/mol. The highest BCUT2D eigenvalue weighted by Gasteiger charge is 2.06. The highest BCUT2D eigenvalue weighted by molar-refractivity contribution is 8.13. The Labute approximate surface area is 115 Å². The second kappa shape index (κ2) is 11.2. The van der Waals surface area contributed by atoms with Gasteiger partial charge in [0.25, 0.3) is 9.05 Å². The van der Waals surface area contributed by atoms with Crippen molar-refractivity contribution in [1.29, 1.82) is 0 Å². The SMILES string of the molecule is CC.CCC(=O)CC.O=S(=O)(Cl)c1ccccc1. The lowest BCUT2D eigenvalue weighted by molar-refractivity contribution is -0.118. The highest BCUT2D eigenvalue weighted by Crippen LogP contribution is 2.12. The zero-order valence-corrected chi connectivity index (χ0v) is 12.9. The molecule has 0 radical (unpaired) electrons. The number of Topliss-reactive ketones (excluding diaryl/α,β-unsaturated/α-hetero) is 1. The van der Waals surface area contributed by atoms with Crippen LogP contribution in [0.5, 0.6) is 0 Å². The Bertz CT molecular complexity index is 407. The third kappa shape index (κ3) is 10.3. The Morgan fingerprint density at radius 3 is 1.61 bits per heavy atom. The molecule has 3 nitrogen and oxygen atoms in total. The molecule has 0 unspecified atom stereocenters. The average molecular weight is 293 g/mol. The van der Waals surface area contributed by atoms with Crippen molar-refractivity contribution in [2.45, 2.75) is 45.4 Å². The van der Waals surface area contributed by atoms with E-state index in [0.717, 1.165) is 0 Å². The molecule has 0 fully saturated rings. The molecule has 0 saturated carbocycles. The first kappa shape index (κ1) is 19.5. The fourth-order valence-corrected chi connectivity index (χ4v) is 1.62. The summed E-state index contributed by atoms with van der Waals surface area (Å²) >= 11 is 0. The maximum absolute atomic E-state index is 10.6. The Kier molecular flexibility index (Phi) is 12.2. The largest absolute Gasteiger partial charge is 0.300 e. The van der Waals surface area contributed by atoms with E-state index >= 15 is 0 Å². The van der Waals surface area contributed by atoms with Crippen LogP contribution in [0.15, 0.2) is 35.2 Å². The topological polar surface area (TPSA) is 51.2 Å². The maximum Gasteiger partial charge on any atom is 0.261 e. The van der Waals surface area contributed by atoms with Crippen molar-refractivity contribution in [3.05, 3.63) is 30.3 Å². The molecular formula is C13H21ClO3S. The zero-order chi connectivity index (χ0) is 14.6. The molecule has 18 heavy (non-hydrogen) atoms. The minimum Gasteiger partial charge on any atom is -0.300 e. The summed E-state index contributed by atoms with van der Waals surface area (Å²) in [5.74, 6) is 0.343. The number of hydrogen-bond donors (Lipinski definition) is 0. The van der Waals surface area contributed by atoms with Crippen LogP contribution in [-0.4, -0.2) is 14.2 Å². The molecule has 0 amide bonds. The number of ketones is 1. The van der Waals surface area contributed by atoms with Crippen LogP contribution in [-0.2, 0) is 13.8 Å². The van der Waals surface area contributed by atoms with Crippen LogP contribution < -0.4 is 0 Å². The van der Waals surface area contributed by atoms with E-state index in [-0.39, 0.29) is 4.90 Å². The molecule has 0 saturated heterocycles. The molecule has 0 aliphatic carbocycles. The van der Waals surface area contributed by atoms with Gasteiger partial charge in [-0.2, -0.15) is 0 Å². The lowest BCUT2D eigenvalue weighted by atomic mass is 10.3. The van der Waals surface area contributed by atoms with Crippen molar-refractivity contribution in [3.63, 3.8) is 0 Å². The van der Waals surface area contributed by atoms with E-state index in [0.29, 0.717) is 18.6 Å². The molecule has 0 heterocycles. The fraction of sp³-hybridized carbons (Fsp3) is 0.462. The Hall–Kier alpha value is -0.870. The zero-order valence-electron chi connectivity index (χ0n) is 11.3. The summed E-state index contributed by atoms with van der Waals surface area (Å²) < 4.78 is 21.2. The van der Waals surface area contributed by atoms with Crippen LogP contribution in [0.3, 0.4) is 0 Å². The Morgan fingerprint density at radius 2 is 1.44 bits per heavy atom. The summed E-state index contributed by atoms with van der Waals surface area (Å²) in [6.45, 7) is 7.76. The molecule has 0 bridgehead atoms. The number of halogens is 1. The Morgan fingerprint density at radius 1 is 1.06 bits per heavy atom. The summed E-state index contributed by atoms with van der Waals surface area (Å²) in [7, 11) is 1.50. The van der Waals surface area contributed by atoms with Crippen molar-refractivity contribution >= 4 is 25.5 Å². The molecule has 0 aromatic heterocycles. The van der Waals surface area contributed by atoms with Crippen molar-refractivity contribution < 1.29 is 13.2 Å². The third-order valence-corrected chi connectivity index (χ3v) is 3.18. The van der Waals surface area contributed by atoms with Crippen LogP contribution in [0.4, 0.5) is 0 Å². The van der Waals surface area contributed by atoms with Gasteiger partial charge in [-0.3, -0.25) is 4.79 Å². The molecule has 1 aromatic rings. The van der Waals surface area contributed by atoms with E-state index in [4.69, 9.17) is 10.7 Å². The van der Waals surface area contributed by atoms with Gasteiger partial charge in [0.2, 0.25) is 0 Å². The number of rotatable bonds is 3. The number of hydrogen-bond acceptors (Lipinski definition) is 3. The van der Waals surface area contributed by atoms with Gasteiger partial charge in [-0.25, -0.2) is 8.42 Å². The summed E-state index contributed by atoms with van der Waals surface area (Å²) in [5, 5.41) is 0. The third-order valence-electron chi connectivity index (χ3n) is 1.81. The van der Waals surface area contributed by atoms with Crippen molar-refractivity contribution in [2.24, 2.45) is 0 Å². The average Bonchev–Trinajstić information content (AvgIpc) is 2.41. The molecule has 104 valence electrons. The molecule has 0 aliphatic heterocycles. The van der Waals surface area contributed by atoms with Crippen molar-refractivity contribution in [1.82, 2.24) is 0 Å². The summed E-state index contributed by atoms with van der Waals surface area (Å²) in [4.78, 5) is 10.3. The highest BCUT2D eigenvalue weighted by atomic mass is 35.7.